The van der Waals surface area contributed by atoms with Gasteiger partial charge in [0, 0.05) is 5.69 Å². The van der Waals surface area contributed by atoms with E-state index >= 15 is 0 Å². The van der Waals surface area contributed by atoms with E-state index < -0.39 is 26.7 Å². The molecule has 11 heteroatoms. The molecule has 0 aliphatic rings. The fourth-order valence-electron chi connectivity index (χ4n) is 2.50. The van der Waals surface area contributed by atoms with E-state index in [0.717, 1.165) is 18.2 Å². The van der Waals surface area contributed by atoms with Gasteiger partial charge in [-0.15, -0.1) is 0 Å². The third-order valence-corrected chi connectivity index (χ3v) is 5.16. The maximum atomic E-state index is 12.8. The first kappa shape index (κ1) is 19.4. The summed E-state index contributed by atoms with van der Waals surface area (Å²) in [6.45, 7) is 0. The smallest absolute Gasteiger partial charge is 0.383 e. The number of anilines is 3. The number of rotatable bonds is 4. The topological polar surface area (TPSA) is 124 Å². The van der Waals surface area contributed by atoms with Gasteiger partial charge in [-0.05, 0) is 35.9 Å². The van der Waals surface area contributed by atoms with Crippen LogP contribution in [0.4, 0.5) is 30.5 Å². The van der Waals surface area contributed by atoms with Crippen molar-refractivity contribution in [2.24, 2.45) is 0 Å². The standard InChI is InChI=1S/C17H14F3N5O2S/c18-17(19,20)11-4-2-6-13(8-11)28(26,27)25-12-5-1-3-10(7-12)14-15(21)23-9-24-16(14)22/h1-9,25H,(H4,21,22,23,24). The van der Waals surface area contributed by atoms with E-state index in [2.05, 4.69) is 14.7 Å². The maximum Gasteiger partial charge on any atom is 0.416 e. The molecule has 0 radical (unpaired) electrons. The van der Waals surface area contributed by atoms with Crippen LogP contribution in [0, 0.1) is 0 Å². The van der Waals surface area contributed by atoms with Gasteiger partial charge in [0.1, 0.15) is 18.0 Å². The van der Waals surface area contributed by atoms with Crippen molar-refractivity contribution in [1.29, 1.82) is 0 Å². The molecule has 3 aromatic rings. The molecule has 146 valence electrons. The van der Waals surface area contributed by atoms with E-state index in [4.69, 9.17) is 11.5 Å². The Morgan fingerprint density at radius 3 is 2.21 bits per heavy atom. The molecule has 7 nitrogen and oxygen atoms in total. The highest BCUT2D eigenvalue weighted by Gasteiger charge is 2.31. The highest BCUT2D eigenvalue weighted by Crippen LogP contribution is 2.32. The number of benzene rings is 2. The Bertz CT molecular complexity index is 1110. The lowest BCUT2D eigenvalue weighted by Gasteiger charge is -2.12. The highest BCUT2D eigenvalue weighted by atomic mass is 32.2. The molecule has 2 aromatic carbocycles. The zero-order valence-corrected chi connectivity index (χ0v) is 14.9. The van der Waals surface area contributed by atoms with Crippen LogP contribution in [0.5, 0.6) is 0 Å². The van der Waals surface area contributed by atoms with Crippen LogP contribution >= 0.6 is 0 Å². The minimum Gasteiger partial charge on any atom is -0.383 e. The Balaban J connectivity index is 1.96. The summed E-state index contributed by atoms with van der Waals surface area (Å²) in [4.78, 5) is 7.17. The Hall–Kier alpha value is -3.34. The summed E-state index contributed by atoms with van der Waals surface area (Å²) < 4.78 is 65.8. The van der Waals surface area contributed by atoms with Gasteiger partial charge in [-0.1, -0.05) is 18.2 Å². The molecule has 0 atom stereocenters. The zero-order chi connectivity index (χ0) is 20.5. The van der Waals surface area contributed by atoms with Gasteiger partial charge in [-0.25, -0.2) is 18.4 Å². The number of nitrogens with two attached hydrogens (primary N) is 2. The van der Waals surface area contributed by atoms with Crippen molar-refractivity contribution in [2.45, 2.75) is 11.1 Å². The number of nitrogen functional groups attached to an aromatic ring is 2. The summed E-state index contributed by atoms with van der Waals surface area (Å²) in [5.74, 6) is 0.204. The Morgan fingerprint density at radius 1 is 0.929 bits per heavy atom. The van der Waals surface area contributed by atoms with Gasteiger partial charge in [0.05, 0.1) is 16.0 Å². The second-order valence-corrected chi connectivity index (χ2v) is 7.41. The average molecular weight is 409 g/mol. The molecule has 0 saturated carbocycles. The number of nitrogens with zero attached hydrogens (tertiary/aromatic N) is 2. The van der Waals surface area contributed by atoms with Crippen LogP contribution in [0.1, 0.15) is 5.56 Å². The quantitative estimate of drug-likeness (QED) is 0.608. The van der Waals surface area contributed by atoms with E-state index in [-0.39, 0.29) is 17.3 Å². The van der Waals surface area contributed by atoms with Gasteiger partial charge in [-0.2, -0.15) is 13.2 Å². The second-order valence-electron chi connectivity index (χ2n) is 5.73. The van der Waals surface area contributed by atoms with Crippen LogP contribution in [0.2, 0.25) is 0 Å². The summed E-state index contributed by atoms with van der Waals surface area (Å²) in [5.41, 5.74) is 11.4. The first-order chi connectivity index (χ1) is 13.1. The molecule has 0 spiro atoms. The van der Waals surface area contributed by atoms with Gasteiger partial charge < -0.3 is 11.5 Å². The van der Waals surface area contributed by atoms with Crippen LogP contribution in [0.25, 0.3) is 11.1 Å². The number of hydrogen-bond acceptors (Lipinski definition) is 6. The Labute approximate surface area is 158 Å². The van der Waals surface area contributed by atoms with Gasteiger partial charge >= 0.3 is 6.18 Å². The molecule has 0 aliphatic heterocycles. The SMILES string of the molecule is Nc1ncnc(N)c1-c1cccc(NS(=O)(=O)c2cccc(C(F)(F)F)c2)c1. The van der Waals surface area contributed by atoms with Crippen molar-refractivity contribution in [1.82, 2.24) is 9.97 Å². The van der Waals surface area contributed by atoms with E-state index in [1.54, 1.807) is 6.07 Å². The predicted octanol–water partition coefficient (Wildman–Crippen LogP) is 3.13. The fourth-order valence-corrected chi connectivity index (χ4v) is 3.60. The molecule has 0 unspecified atom stereocenters. The molecule has 0 bridgehead atoms. The normalized spacial score (nSPS) is 12.0. The lowest BCUT2D eigenvalue weighted by atomic mass is 10.1. The van der Waals surface area contributed by atoms with Gasteiger partial charge in [0.15, 0.2) is 0 Å². The molecular formula is C17H14F3N5O2S. The molecular weight excluding hydrogens is 395 g/mol. The molecule has 3 rings (SSSR count). The van der Waals surface area contributed by atoms with Crippen molar-refractivity contribution in [3.8, 4) is 11.1 Å². The van der Waals surface area contributed by atoms with Gasteiger partial charge in [-0.3, -0.25) is 4.72 Å². The molecule has 0 fully saturated rings. The molecule has 0 amide bonds. The lowest BCUT2D eigenvalue weighted by molar-refractivity contribution is -0.137. The van der Waals surface area contributed by atoms with Crippen molar-refractivity contribution in [2.75, 3.05) is 16.2 Å². The minimum atomic E-state index is -4.66. The minimum absolute atomic E-state index is 0.102. The average Bonchev–Trinajstić information content (AvgIpc) is 2.61. The van der Waals surface area contributed by atoms with E-state index in [1.165, 1.54) is 24.5 Å². The van der Waals surface area contributed by atoms with Crippen molar-refractivity contribution < 1.29 is 21.6 Å². The third kappa shape index (κ3) is 3.98. The second kappa shape index (κ2) is 7.00. The van der Waals surface area contributed by atoms with Crippen LogP contribution < -0.4 is 16.2 Å². The van der Waals surface area contributed by atoms with Crippen molar-refractivity contribution in [3.05, 3.63) is 60.4 Å². The van der Waals surface area contributed by atoms with E-state index in [0.29, 0.717) is 17.2 Å². The summed E-state index contributed by atoms with van der Waals surface area (Å²) in [5, 5.41) is 0. The Morgan fingerprint density at radius 2 is 1.57 bits per heavy atom. The summed E-state index contributed by atoms with van der Waals surface area (Å²) in [6.07, 6.45) is -3.47. The molecule has 1 heterocycles. The number of halogens is 3. The van der Waals surface area contributed by atoms with Crippen LogP contribution in [-0.2, 0) is 16.2 Å². The van der Waals surface area contributed by atoms with E-state index in [9.17, 15) is 21.6 Å². The van der Waals surface area contributed by atoms with Crippen molar-refractivity contribution in [3.63, 3.8) is 0 Å². The number of aromatic nitrogens is 2. The Kier molecular flexibility index (Phi) is 4.86. The highest BCUT2D eigenvalue weighted by molar-refractivity contribution is 7.92. The monoisotopic (exact) mass is 409 g/mol. The summed E-state index contributed by atoms with van der Waals surface area (Å²) >= 11 is 0. The van der Waals surface area contributed by atoms with Crippen molar-refractivity contribution >= 4 is 27.3 Å². The third-order valence-electron chi connectivity index (χ3n) is 3.78. The molecule has 0 saturated heterocycles. The summed E-state index contributed by atoms with van der Waals surface area (Å²) in [7, 11) is -4.26. The van der Waals surface area contributed by atoms with E-state index in [1.807, 2.05) is 0 Å². The van der Waals surface area contributed by atoms with Crippen LogP contribution in [0.3, 0.4) is 0 Å². The number of hydrogen-bond donors (Lipinski definition) is 3. The lowest BCUT2D eigenvalue weighted by Crippen LogP contribution is -2.14. The molecule has 28 heavy (non-hydrogen) atoms. The molecule has 5 N–H and O–H groups in total. The fraction of sp³-hybridized carbons (Fsp3) is 0.0588. The molecule has 1 aromatic heterocycles. The maximum absolute atomic E-state index is 12.8. The largest absolute Gasteiger partial charge is 0.416 e. The molecule has 0 aliphatic carbocycles. The van der Waals surface area contributed by atoms with Crippen LogP contribution in [-0.4, -0.2) is 18.4 Å². The number of alkyl halides is 3. The number of sulfonamides is 1. The van der Waals surface area contributed by atoms with Crippen LogP contribution in [0.15, 0.2) is 59.8 Å². The van der Waals surface area contributed by atoms with Gasteiger partial charge in [0.2, 0.25) is 0 Å². The first-order valence-corrected chi connectivity index (χ1v) is 9.23. The first-order valence-electron chi connectivity index (χ1n) is 7.74. The summed E-state index contributed by atoms with van der Waals surface area (Å²) in [6, 6.07) is 9.47. The van der Waals surface area contributed by atoms with Gasteiger partial charge in [0.25, 0.3) is 10.0 Å². The predicted molar refractivity (Wildman–Crippen MR) is 98.5 cm³/mol. The zero-order valence-electron chi connectivity index (χ0n) is 14.1. The number of nitrogens with one attached hydrogen (secondary N) is 1.